The van der Waals surface area contributed by atoms with Crippen molar-refractivity contribution in [3.05, 3.63) is 24.3 Å². The molecule has 0 aliphatic carbocycles. The van der Waals surface area contributed by atoms with Crippen molar-refractivity contribution >= 4 is 13.6 Å². The highest BCUT2D eigenvalue weighted by Gasteiger charge is 2.48. The molecule has 0 saturated carbocycles. The average Bonchev–Trinajstić information content (AvgIpc) is 2.42. The van der Waals surface area contributed by atoms with Crippen LogP contribution in [0.15, 0.2) is 24.3 Å². The number of carbonyl (C=O) groups is 1. The fraction of sp³-hybridized carbons (Fsp3) is 0.615. The van der Waals surface area contributed by atoms with Gasteiger partial charge < -0.3 is 4.74 Å². The Morgan fingerprint density at radius 3 is 1.88 bits per heavy atom. The van der Waals surface area contributed by atoms with E-state index in [-0.39, 0.29) is 12.2 Å². The van der Waals surface area contributed by atoms with Crippen LogP contribution in [-0.2, 0) is 23.1 Å². The molecule has 1 unspecified atom stereocenters. The van der Waals surface area contributed by atoms with Crippen molar-refractivity contribution in [2.45, 2.75) is 31.9 Å². The summed E-state index contributed by atoms with van der Waals surface area (Å²) < 4.78 is 99.4. The van der Waals surface area contributed by atoms with Crippen LogP contribution < -0.4 is 0 Å². The predicted octanol–water partition coefficient (Wildman–Crippen LogP) is 4.40. The quantitative estimate of drug-likeness (QED) is 0.249. The Morgan fingerprint density at radius 1 is 1.12 bits per heavy atom. The molecule has 0 aromatic carbocycles. The van der Waals surface area contributed by atoms with Crippen LogP contribution in [0, 0.1) is 0 Å². The maximum absolute atomic E-state index is 12.6. The molecule has 0 aliphatic heterocycles. The number of halogens is 6. The van der Waals surface area contributed by atoms with E-state index in [1.54, 1.807) is 0 Å². The monoisotopic (exact) mass is 398 g/mol. The molecule has 0 spiro atoms. The van der Waals surface area contributed by atoms with E-state index in [9.17, 15) is 35.7 Å². The molecule has 146 valence electrons. The molecule has 0 heterocycles. The van der Waals surface area contributed by atoms with Crippen molar-refractivity contribution in [3.8, 4) is 0 Å². The summed E-state index contributed by atoms with van der Waals surface area (Å²) >= 11 is 0. The maximum atomic E-state index is 12.6. The Morgan fingerprint density at radius 2 is 1.56 bits per heavy atom. The van der Waals surface area contributed by atoms with Gasteiger partial charge in [-0.05, 0) is 19.4 Å². The van der Waals surface area contributed by atoms with Crippen molar-refractivity contribution < 1.29 is 49.5 Å². The average molecular weight is 398 g/mol. The van der Waals surface area contributed by atoms with Crippen LogP contribution in [0.1, 0.15) is 13.8 Å². The maximum Gasteiger partial charge on any atom is 0.412 e. The topological polar surface area (TPSA) is 61.8 Å². The van der Waals surface area contributed by atoms with Crippen molar-refractivity contribution in [1.82, 2.24) is 0 Å². The highest BCUT2D eigenvalue weighted by molar-refractivity contribution is 7.56. The minimum absolute atomic E-state index is 0.267. The Bertz CT molecular complexity index is 518. The molecular formula is C13H17F6O5P. The molecular weight excluding hydrogens is 381 g/mol. The van der Waals surface area contributed by atoms with Crippen LogP contribution in [0.25, 0.3) is 0 Å². The molecule has 0 aromatic heterocycles. The van der Waals surface area contributed by atoms with E-state index >= 15 is 0 Å². The minimum atomic E-state index is -5.26. The standard InChI is InChI=1S/C13H17F6O5P/c1-4-6-9(3)10(11(20)22-5-2)25(21,23-7-12(14,15)16)24-8-13(17,18)19/h4,6,10H,3,5,7-8H2,1-2H3/b6-4+. The molecule has 0 aromatic rings. The largest absolute Gasteiger partial charge is 0.465 e. The number of ether oxygens (including phenoxy) is 1. The Labute approximate surface area is 140 Å². The van der Waals surface area contributed by atoms with Gasteiger partial charge in [-0.1, -0.05) is 18.7 Å². The number of allylic oxidation sites excluding steroid dienone is 2. The number of hydrogen-bond acceptors (Lipinski definition) is 5. The van der Waals surface area contributed by atoms with Crippen LogP contribution in [0.5, 0.6) is 0 Å². The van der Waals surface area contributed by atoms with Gasteiger partial charge >= 0.3 is 25.9 Å². The first kappa shape index (κ1) is 23.7. The van der Waals surface area contributed by atoms with E-state index in [0.717, 1.165) is 6.08 Å². The van der Waals surface area contributed by atoms with E-state index in [0.29, 0.717) is 0 Å². The van der Waals surface area contributed by atoms with Gasteiger partial charge in [0, 0.05) is 0 Å². The highest BCUT2D eigenvalue weighted by atomic mass is 31.2. The minimum Gasteiger partial charge on any atom is -0.465 e. The normalized spacial score (nSPS) is 14.6. The lowest BCUT2D eigenvalue weighted by molar-refractivity contribution is -0.167. The third-order valence-electron chi connectivity index (χ3n) is 2.37. The fourth-order valence-electron chi connectivity index (χ4n) is 1.52. The Balaban J connectivity index is 5.83. The number of alkyl halides is 6. The molecule has 0 bridgehead atoms. The molecule has 1 atom stereocenters. The van der Waals surface area contributed by atoms with Gasteiger partial charge in [0.25, 0.3) is 0 Å². The van der Waals surface area contributed by atoms with E-state index in [1.165, 1.54) is 19.9 Å². The summed E-state index contributed by atoms with van der Waals surface area (Å²) in [4.78, 5) is 11.9. The second-order valence-corrected chi connectivity index (χ2v) is 6.66. The van der Waals surface area contributed by atoms with Crippen molar-refractivity contribution in [1.29, 1.82) is 0 Å². The SMILES string of the molecule is C=C(/C=C/C)C(C(=O)OCC)P(=O)(OCC(F)(F)F)OCC(F)(F)F. The number of rotatable bonds is 9. The van der Waals surface area contributed by atoms with Gasteiger partial charge in [0.15, 0.2) is 18.9 Å². The Kier molecular flexibility index (Phi) is 8.90. The van der Waals surface area contributed by atoms with Gasteiger partial charge in [0.2, 0.25) is 0 Å². The second kappa shape index (κ2) is 9.40. The van der Waals surface area contributed by atoms with Crippen LogP contribution in [-0.4, -0.2) is 43.8 Å². The first-order valence-electron chi connectivity index (χ1n) is 6.76. The zero-order valence-electron chi connectivity index (χ0n) is 13.3. The summed E-state index contributed by atoms with van der Waals surface area (Å²) in [7, 11) is -5.26. The van der Waals surface area contributed by atoms with Crippen LogP contribution in [0.3, 0.4) is 0 Å². The lowest BCUT2D eigenvalue weighted by Gasteiger charge is -2.26. The van der Waals surface area contributed by atoms with Crippen LogP contribution >= 0.6 is 7.60 Å². The Hall–Kier alpha value is -1.32. The summed E-state index contributed by atoms with van der Waals surface area (Å²) in [6, 6.07) is 0. The summed E-state index contributed by atoms with van der Waals surface area (Å²) in [6.07, 6.45) is -7.68. The van der Waals surface area contributed by atoms with Crippen molar-refractivity contribution in [3.63, 3.8) is 0 Å². The third-order valence-corrected chi connectivity index (χ3v) is 4.53. The molecule has 0 fully saturated rings. The first-order valence-corrected chi connectivity index (χ1v) is 8.37. The number of esters is 1. The smallest absolute Gasteiger partial charge is 0.412 e. The summed E-state index contributed by atoms with van der Waals surface area (Å²) in [6.45, 7) is 1.47. The van der Waals surface area contributed by atoms with Gasteiger partial charge in [0.1, 0.15) is 0 Å². The molecule has 5 nitrogen and oxygen atoms in total. The van der Waals surface area contributed by atoms with Crippen molar-refractivity contribution in [2.75, 3.05) is 19.8 Å². The number of hydrogen-bond donors (Lipinski definition) is 0. The zero-order valence-corrected chi connectivity index (χ0v) is 14.2. The third kappa shape index (κ3) is 9.08. The van der Waals surface area contributed by atoms with Gasteiger partial charge in [0.05, 0.1) is 6.61 Å². The molecule has 12 heteroatoms. The van der Waals surface area contributed by atoms with Gasteiger partial charge in [-0.3, -0.25) is 18.4 Å². The molecule has 0 aliphatic rings. The first-order chi connectivity index (χ1) is 11.3. The van der Waals surface area contributed by atoms with E-state index in [1.807, 2.05) is 0 Å². The van der Waals surface area contributed by atoms with E-state index < -0.39 is 44.8 Å². The van der Waals surface area contributed by atoms with Gasteiger partial charge in [-0.25, -0.2) is 0 Å². The summed E-state index contributed by atoms with van der Waals surface area (Å²) in [5.41, 5.74) is -2.55. The molecule has 0 saturated heterocycles. The lowest BCUT2D eigenvalue weighted by Crippen LogP contribution is -2.30. The van der Waals surface area contributed by atoms with E-state index in [2.05, 4.69) is 20.4 Å². The van der Waals surface area contributed by atoms with Crippen molar-refractivity contribution in [2.24, 2.45) is 0 Å². The molecule has 0 N–H and O–H groups in total. The number of carbonyl (C=O) groups excluding carboxylic acids is 1. The zero-order chi connectivity index (χ0) is 19.9. The molecule has 25 heavy (non-hydrogen) atoms. The molecule has 0 amide bonds. The van der Waals surface area contributed by atoms with Gasteiger partial charge in [-0.2, -0.15) is 26.3 Å². The highest BCUT2D eigenvalue weighted by Crippen LogP contribution is 2.57. The molecule has 0 radical (unpaired) electrons. The van der Waals surface area contributed by atoms with Gasteiger partial charge in [-0.15, -0.1) is 0 Å². The van der Waals surface area contributed by atoms with Crippen LogP contribution in [0.2, 0.25) is 0 Å². The second-order valence-electron chi connectivity index (χ2n) is 4.55. The fourth-order valence-corrected chi connectivity index (χ4v) is 3.37. The predicted molar refractivity (Wildman–Crippen MR) is 76.0 cm³/mol. The molecule has 0 rings (SSSR count). The van der Waals surface area contributed by atoms with E-state index in [4.69, 9.17) is 0 Å². The lowest BCUT2D eigenvalue weighted by atomic mass is 10.2. The van der Waals surface area contributed by atoms with Crippen LogP contribution in [0.4, 0.5) is 26.3 Å². The summed E-state index contributed by atoms with van der Waals surface area (Å²) in [5.74, 6) is -1.38. The summed E-state index contributed by atoms with van der Waals surface area (Å²) in [5, 5.41) is 0.